The van der Waals surface area contributed by atoms with Gasteiger partial charge in [0.2, 0.25) is 5.91 Å². The lowest BCUT2D eigenvalue weighted by Crippen LogP contribution is -2.52. The molecule has 0 saturated heterocycles. The summed E-state index contributed by atoms with van der Waals surface area (Å²) in [5, 5.41) is 14.1. The van der Waals surface area contributed by atoms with E-state index in [-0.39, 0.29) is 32.2 Å². The SMILES string of the molecule is CN(Cc1ccccc1)CC(NC(=O)OCC1c2ccccc2-c2ccccc21)C(=O)NCCOCC(=O)O. The van der Waals surface area contributed by atoms with Gasteiger partial charge in [0.1, 0.15) is 19.3 Å². The number of carbonyl (C=O) groups is 3. The van der Waals surface area contributed by atoms with Crippen LogP contribution in [0.3, 0.4) is 0 Å². The molecule has 204 valence electrons. The summed E-state index contributed by atoms with van der Waals surface area (Å²) in [6.07, 6.45) is -0.688. The molecule has 3 N–H and O–H groups in total. The first kappa shape index (κ1) is 27.8. The lowest BCUT2D eigenvalue weighted by atomic mass is 9.98. The van der Waals surface area contributed by atoms with Crippen LogP contribution in [0.4, 0.5) is 4.79 Å². The highest BCUT2D eigenvalue weighted by Crippen LogP contribution is 2.44. The van der Waals surface area contributed by atoms with Gasteiger partial charge in [-0.2, -0.15) is 0 Å². The van der Waals surface area contributed by atoms with E-state index in [1.807, 2.05) is 78.7 Å². The summed E-state index contributed by atoms with van der Waals surface area (Å²) in [6, 6.07) is 25.1. The number of ether oxygens (including phenoxy) is 2. The van der Waals surface area contributed by atoms with Crippen molar-refractivity contribution in [1.82, 2.24) is 15.5 Å². The Kier molecular flexibility index (Phi) is 9.66. The molecule has 1 unspecified atom stereocenters. The van der Waals surface area contributed by atoms with Crippen LogP contribution >= 0.6 is 0 Å². The summed E-state index contributed by atoms with van der Waals surface area (Å²) in [5.41, 5.74) is 5.54. The van der Waals surface area contributed by atoms with Gasteiger partial charge in [0.25, 0.3) is 0 Å². The smallest absolute Gasteiger partial charge is 0.407 e. The van der Waals surface area contributed by atoms with E-state index in [2.05, 4.69) is 22.8 Å². The third-order valence-electron chi connectivity index (χ3n) is 6.51. The molecule has 1 aliphatic rings. The van der Waals surface area contributed by atoms with Crippen LogP contribution in [0.5, 0.6) is 0 Å². The Labute approximate surface area is 227 Å². The fourth-order valence-corrected chi connectivity index (χ4v) is 4.78. The molecule has 0 aromatic heterocycles. The normalized spacial score (nSPS) is 12.9. The van der Waals surface area contributed by atoms with E-state index >= 15 is 0 Å². The highest BCUT2D eigenvalue weighted by molar-refractivity contribution is 5.86. The zero-order valence-corrected chi connectivity index (χ0v) is 21.8. The summed E-state index contributed by atoms with van der Waals surface area (Å²) in [5.74, 6) is -1.59. The van der Waals surface area contributed by atoms with E-state index in [0.29, 0.717) is 6.54 Å². The topological polar surface area (TPSA) is 117 Å². The van der Waals surface area contributed by atoms with Crippen molar-refractivity contribution >= 4 is 18.0 Å². The Balaban J connectivity index is 1.37. The van der Waals surface area contributed by atoms with E-state index < -0.39 is 30.6 Å². The number of alkyl carbamates (subject to hydrolysis) is 1. The van der Waals surface area contributed by atoms with Crippen molar-refractivity contribution in [2.45, 2.75) is 18.5 Å². The molecule has 0 aliphatic heterocycles. The summed E-state index contributed by atoms with van der Waals surface area (Å²) in [4.78, 5) is 38.4. The molecule has 4 rings (SSSR count). The number of aliphatic carboxylic acids is 1. The van der Waals surface area contributed by atoms with Crippen molar-refractivity contribution in [3.8, 4) is 11.1 Å². The van der Waals surface area contributed by atoms with Gasteiger partial charge >= 0.3 is 12.1 Å². The maximum atomic E-state index is 13.0. The van der Waals surface area contributed by atoms with E-state index in [1.165, 1.54) is 0 Å². The van der Waals surface area contributed by atoms with Crippen LogP contribution in [0, 0.1) is 0 Å². The Hall–Kier alpha value is -4.21. The van der Waals surface area contributed by atoms with E-state index in [0.717, 1.165) is 27.8 Å². The van der Waals surface area contributed by atoms with Gasteiger partial charge < -0.3 is 25.2 Å². The monoisotopic (exact) mass is 531 g/mol. The van der Waals surface area contributed by atoms with Crippen molar-refractivity contribution in [2.75, 3.05) is 40.0 Å². The molecule has 9 nitrogen and oxygen atoms in total. The molecule has 0 saturated carbocycles. The highest BCUT2D eigenvalue weighted by atomic mass is 16.5. The second-order valence-corrected chi connectivity index (χ2v) is 9.44. The summed E-state index contributed by atoms with van der Waals surface area (Å²) >= 11 is 0. The summed E-state index contributed by atoms with van der Waals surface area (Å²) in [7, 11) is 1.86. The molecule has 0 bridgehead atoms. The van der Waals surface area contributed by atoms with Gasteiger partial charge in [-0.1, -0.05) is 78.9 Å². The molecule has 1 atom stereocenters. The number of carboxylic acid groups (broad SMARTS) is 1. The molecular weight excluding hydrogens is 498 g/mol. The molecule has 3 aromatic rings. The number of hydrogen-bond donors (Lipinski definition) is 3. The Morgan fingerprint density at radius 2 is 1.54 bits per heavy atom. The minimum Gasteiger partial charge on any atom is -0.480 e. The Morgan fingerprint density at radius 3 is 2.18 bits per heavy atom. The quantitative estimate of drug-likeness (QED) is 0.290. The van der Waals surface area contributed by atoms with Gasteiger partial charge in [-0.15, -0.1) is 0 Å². The van der Waals surface area contributed by atoms with E-state index in [1.54, 1.807) is 0 Å². The number of hydrogen-bond acceptors (Lipinski definition) is 6. The third kappa shape index (κ3) is 7.66. The second-order valence-electron chi connectivity index (χ2n) is 9.44. The number of carboxylic acids is 1. The predicted octanol–water partition coefficient (Wildman–Crippen LogP) is 3.24. The van der Waals surface area contributed by atoms with Crippen molar-refractivity contribution < 1.29 is 29.0 Å². The van der Waals surface area contributed by atoms with Gasteiger partial charge in [-0.3, -0.25) is 9.69 Å². The number of carbonyl (C=O) groups excluding carboxylic acids is 2. The molecule has 3 aromatic carbocycles. The molecule has 9 heteroatoms. The number of rotatable bonds is 13. The average Bonchev–Trinajstić information content (AvgIpc) is 3.25. The molecule has 0 radical (unpaired) electrons. The third-order valence-corrected chi connectivity index (χ3v) is 6.51. The van der Waals surface area contributed by atoms with Crippen LogP contribution in [0.25, 0.3) is 11.1 Å². The lowest BCUT2D eigenvalue weighted by molar-refractivity contribution is -0.142. The minimum atomic E-state index is -1.08. The van der Waals surface area contributed by atoms with Crippen LogP contribution in [0.2, 0.25) is 0 Å². The minimum absolute atomic E-state index is 0.0373. The molecule has 39 heavy (non-hydrogen) atoms. The van der Waals surface area contributed by atoms with Crippen LogP contribution in [0.15, 0.2) is 78.9 Å². The first-order valence-electron chi connectivity index (χ1n) is 12.8. The molecule has 2 amide bonds. The largest absolute Gasteiger partial charge is 0.480 e. The van der Waals surface area contributed by atoms with Crippen molar-refractivity contribution in [3.63, 3.8) is 0 Å². The van der Waals surface area contributed by atoms with Crippen LogP contribution in [-0.2, 0) is 25.6 Å². The number of likely N-dealkylation sites (N-methyl/N-ethyl adjacent to an activating group) is 1. The number of benzene rings is 3. The molecule has 0 spiro atoms. The fourth-order valence-electron chi connectivity index (χ4n) is 4.78. The zero-order chi connectivity index (χ0) is 27.6. The van der Waals surface area contributed by atoms with Crippen LogP contribution < -0.4 is 10.6 Å². The Bertz CT molecular complexity index is 1240. The lowest BCUT2D eigenvalue weighted by Gasteiger charge is -2.24. The Morgan fingerprint density at radius 1 is 0.923 bits per heavy atom. The van der Waals surface area contributed by atoms with Gasteiger partial charge in [-0.05, 0) is 34.9 Å². The summed E-state index contributed by atoms with van der Waals surface area (Å²) < 4.78 is 10.6. The zero-order valence-electron chi connectivity index (χ0n) is 21.8. The molecular formula is C30H33N3O6. The average molecular weight is 532 g/mol. The molecule has 0 heterocycles. The van der Waals surface area contributed by atoms with Crippen molar-refractivity contribution in [1.29, 1.82) is 0 Å². The number of fused-ring (bicyclic) bond motifs is 3. The predicted molar refractivity (Wildman–Crippen MR) is 146 cm³/mol. The van der Waals surface area contributed by atoms with E-state index in [9.17, 15) is 14.4 Å². The van der Waals surface area contributed by atoms with Gasteiger partial charge in [0.15, 0.2) is 0 Å². The van der Waals surface area contributed by atoms with Gasteiger partial charge in [-0.25, -0.2) is 9.59 Å². The standard InChI is InChI=1S/C30H33N3O6/c1-33(17-21-9-3-2-4-10-21)18-27(29(36)31-15-16-38-20-28(34)35)32-30(37)39-19-26-24-13-7-5-11-22(24)23-12-6-8-14-25(23)26/h2-14,26-27H,15-20H2,1H3,(H,31,36)(H,32,37)(H,34,35). The first-order chi connectivity index (χ1) is 18.9. The fraction of sp³-hybridized carbons (Fsp3) is 0.300. The van der Waals surface area contributed by atoms with Crippen LogP contribution in [0.1, 0.15) is 22.6 Å². The van der Waals surface area contributed by atoms with Crippen molar-refractivity contribution in [3.05, 3.63) is 95.6 Å². The summed E-state index contributed by atoms with van der Waals surface area (Å²) in [6.45, 7) is 0.654. The van der Waals surface area contributed by atoms with Crippen molar-refractivity contribution in [2.24, 2.45) is 0 Å². The van der Waals surface area contributed by atoms with Gasteiger partial charge in [0, 0.05) is 25.6 Å². The number of nitrogens with one attached hydrogen (secondary N) is 2. The molecule has 1 aliphatic carbocycles. The van der Waals surface area contributed by atoms with Gasteiger partial charge in [0.05, 0.1) is 6.61 Å². The van der Waals surface area contributed by atoms with Crippen LogP contribution in [-0.4, -0.2) is 74.0 Å². The highest BCUT2D eigenvalue weighted by Gasteiger charge is 2.30. The maximum absolute atomic E-state index is 13.0. The molecule has 0 fully saturated rings. The second kappa shape index (κ2) is 13.5. The first-order valence-corrected chi connectivity index (χ1v) is 12.8. The van der Waals surface area contributed by atoms with E-state index in [4.69, 9.17) is 14.6 Å². The maximum Gasteiger partial charge on any atom is 0.407 e. The number of amides is 2. The number of nitrogens with zero attached hydrogens (tertiary/aromatic N) is 1.